The van der Waals surface area contributed by atoms with Crippen LogP contribution in [0.3, 0.4) is 0 Å². The van der Waals surface area contributed by atoms with Gasteiger partial charge in [-0.2, -0.15) is 0 Å². The van der Waals surface area contributed by atoms with Crippen molar-refractivity contribution in [2.24, 2.45) is 11.1 Å². The van der Waals surface area contributed by atoms with Crippen LogP contribution in [0, 0.1) is 5.41 Å². The minimum absolute atomic E-state index is 0.0519. The van der Waals surface area contributed by atoms with Crippen molar-refractivity contribution in [1.82, 2.24) is 0 Å². The summed E-state index contributed by atoms with van der Waals surface area (Å²) >= 11 is 0. The van der Waals surface area contributed by atoms with E-state index in [1.54, 1.807) is 0 Å². The molecule has 1 heterocycles. The summed E-state index contributed by atoms with van der Waals surface area (Å²) in [4.78, 5) is 0. The average Bonchev–Trinajstić information content (AvgIpc) is 2.52. The molecular weight excluding hydrogens is 226 g/mol. The van der Waals surface area contributed by atoms with E-state index in [1.807, 2.05) is 20.8 Å². The van der Waals surface area contributed by atoms with E-state index in [0.29, 0.717) is 6.61 Å². The van der Waals surface area contributed by atoms with Crippen LogP contribution in [0.2, 0.25) is 0 Å². The molecule has 0 aromatic rings. The van der Waals surface area contributed by atoms with Crippen LogP contribution in [0.1, 0.15) is 33.6 Å². The molecule has 2 N–H and O–H groups in total. The summed E-state index contributed by atoms with van der Waals surface area (Å²) in [6, 6.07) is -0.320. The highest BCUT2D eigenvalue weighted by Crippen LogP contribution is 2.20. The molecule has 0 amide bonds. The summed E-state index contributed by atoms with van der Waals surface area (Å²) in [5, 5.41) is 0. The highest BCUT2D eigenvalue weighted by atomic mass is 32.2. The van der Waals surface area contributed by atoms with Crippen molar-refractivity contribution in [2.45, 2.75) is 45.8 Å². The van der Waals surface area contributed by atoms with Crippen LogP contribution in [-0.2, 0) is 14.6 Å². The molecule has 0 bridgehead atoms. The topological polar surface area (TPSA) is 69.4 Å². The van der Waals surface area contributed by atoms with Crippen molar-refractivity contribution in [3.8, 4) is 0 Å². The van der Waals surface area contributed by atoms with E-state index in [0.717, 1.165) is 12.8 Å². The third kappa shape index (κ3) is 4.39. The molecular formula is C11H23NO3S. The zero-order chi connectivity index (χ0) is 12.4. The van der Waals surface area contributed by atoms with Crippen LogP contribution in [-0.4, -0.2) is 38.7 Å². The smallest absolute Gasteiger partial charge is 0.154 e. The molecule has 0 spiro atoms. The number of rotatable bonds is 4. The molecule has 16 heavy (non-hydrogen) atoms. The van der Waals surface area contributed by atoms with Gasteiger partial charge in [-0.3, -0.25) is 0 Å². The normalized spacial score (nSPS) is 24.6. The minimum atomic E-state index is -3.10. The fraction of sp³-hybridized carbons (Fsp3) is 1.00. The highest BCUT2D eigenvalue weighted by molar-refractivity contribution is 7.91. The second-order valence-electron chi connectivity index (χ2n) is 5.68. The van der Waals surface area contributed by atoms with E-state index in [9.17, 15) is 8.42 Å². The quantitative estimate of drug-likeness (QED) is 0.805. The minimum Gasteiger partial charge on any atom is -0.377 e. The van der Waals surface area contributed by atoms with Crippen LogP contribution in [0.5, 0.6) is 0 Å². The van der Waals surface area contributed by atoms with Gasteiger partial charge in [0.2, 0.25) is 0 Å². The Hall–Kier alpha value is -0.130. The number of ether oxygens (including phenoxy) is 1. The molecule has 1 aliphatic rings. The predicted molar refractivity (Wildman–Crippen MR) is 65.1 cm³/mol. The first-order chi connectivity index (χ1) is 7.21. The lowest BCUT2D eigenvalue weighted by atomic mass is 9.89. The maximum atomic E-state index is 11.9. The maximum Gasteiger partial charge on any atom is 0.154 e. The predicted octanol–water partition coefficient (Wildman–Crippen LogP) is 0.954. The summed E-state index contributed by atoms with van der Waals surface area (Å²) in [5.74, 6) is 0.174. The molecule has 5 heteroatoms. The summed E-state index contributed by atoms with van der Waals surface area (Å²) in [6.45, 7) is 6.56. The van der Waals surface area contributed by atoms with Crippen molar-refractivity contribution < 1.29 is 13.2 Å². The van der Waals surface area contributed by atoms with Crippen molar-refractivity contribution >= 4 is 9.84 Å². The zero-order valence-corrected chi connectivity index (χ0v) is 11.2. The van der Waals surface area contributed by atoms with E-state index in [-0.39, 0.29) is 29.1 Å². The molecule has 1 rings (SSSR count). The van der Waals surface area contributed by atoms with E-state index in [1.165, 1.54) is 0 Å². The van der Waals surface area contributed by atoms with Gasteiger partial charge in [0, 0.05) is 12.6 Å². The molecule has 1 aliphatic heterocycles. The Bertz CT molecular complexity index is 313. The van der Waals surface area contributed by atoms with Gasteiger partial charge in [-0.1, -0.05) is 20.8 Å². The number of sulfone groups is 1. The lowest BCUT2D eigenvalue weighted by Crippen LogP contribution is -2.42. The van der Waals surface area contributed by atoms with E-state index in [4.69, 9.17) is 10.5 Å². The average molecular weight is 249 g/mol. The van der Waals surface area contributed by atoms with Crippen LogP contribution in [0.15, 0.2) is 0 Å². The van der Waals surface area contributed by atoms with Gasteiger partial charge in [-0.25, -0.2) is 8.42 Å². The van der Waals surface area contributed by atoms with Crippen molar-refractivity contribution in [3.63, 3.8) is 0 Å². The third-order valence-corrected chi connectivity index (χ3v) is 4.76. The molecule has 1 saturated heterocycles. The molecule has 0 aliphatic carbocycles. The first-order valence-corrected chi connectivity index (χ1v) is 7.60. The van der Waals surface area contributed by atoms with E-state index in [2.05, 4.69) is 0 Å². The van der Waals surface area contributed by atoms with Gasteiger partial charge < -0.3 is 10.5 Å². The van der Waals surface area contributed by atoms with Crippen LogP contribution < -0.4 is 5.73 Å². The Morgan fingerprint density at radius 3 is 2.50 bits per heavy atom. The van der Waals surface area contributed by atoms with Gasteiger partial charge >= 0.3 is 0 Å². The van der Waals surface area contributed by atoms with Crippen molar-refractivity contribution in [2.75, 3.05) is 18.1 Å². The van der Waals surface area contributed by atoms with Gasteiger partial charge in [-0.15, -0.1) is 0 Å². The molecule has 96 valence electrons. The van der Waals surface area contributed by atoms with Crippen LogP contribution in [0.4, 0.5) is 0 Å². The maximum absolute atomic E-state index is 11.9. The second kappa shape index (κ2) is 5.02. The van der Waals surface area contributed by atoms with Crippen molar-refractivity contribution in [3.05, 3.63) is 0 Å². The number of nitrogens with two attached hydrogens (primary N) is 1. The number of hydrogen-bond acceptors (Lipinski definition) is 4. The van der Waals surface area contributed by atoms with Gasteiger partial charge in [-0.05, 0) is 18.3 Å². The fourth-order valence-electron chi connectivity index (χ4n) is 1.65. The Labute approximate surface area is 98.5 Å². The summed E-state index contributed by atoms with van der Waals surface area (Å²) in [7, 11) is -3.10. The van der Waals surface area contributed by atoms with Gasteiger partial charge in [0.15, 0.2) is 9.84 Å². The van der Waals surface area contributed by atoms with Crippen molar-refractivity contribution in [1.29, 1.82) is 0 Å². The SMILES string of the molecule is CC(C)(C)C(N)CS(=O)(=O)CC1CCCO1. The zero-order valence-electron chi connectivity index (χ0n) is 10.4. The standard InChI is InChI=1S/C11H23NO3S/c1-11(2,3)10(12)8-16(13,14)7-9-5-4-6-15-9/h9-10H,4-8,12H2,1-3H3. The Morgan fingerprint density at radius 1 is 1.44 bits per heavy atom. The fourth-order valence-corrected chi connectivity index (χ4v) is 3.66. The lowest BCUT2D eigenvalue weighted by molar-refractivity contribution is 0.127. The Balaban J connectivity index is 2.51. The summed E-state index contributed by atoms with van der Waals surface area (Å²) in [6.07, 6.45) is 1.70. The first-order valence-electron chi connectivity index (χ1n) is 5.78. The first kappa shape index (κ1) is 13.9. The molecule has 0 radical (unpaired) electrons. The second-order valence-corrected chi connectivity index (χ2v) is 7.84. The summed E-state index contributed by atoms with van der Waals surface area (Å²) in [5.41, 5.74) is 5.71. The highest BCUT2D eigenvalue weighted by Gasteiger charge is 2.29. The molecule has 0 aromatic heterocycles. The molecule has 0 saturated carbocycles. The number of hydrogen-bond donors (Lipinski definition) is 1. The third-order valence-electron chi connectivity index (χ3n) is 3.01. The lowest BCUT2D eigenvalue weighted by Gasteiger charge is -2.27. The Kier molecular flexibility index (Phi) is 4.37. The van der Waals surface area contributed by atoms with Gasteiger partial charge in [0.25, 0.3) is 0 Å². The molecule has 1 fully saturated rings. The van der Waals surface area contributed by atoms with Gasteiger partial charge in [0.05, 0.1) is 17.6 Å². The largest absolute Gasteiger partial charge is 0.377 e. The Morgan fingerprint density at radius 2 is 2.06 bits per heavy atom. The monoisotopic (exact) mass is 249 g/mol. The van der Waals surface area contributed by atoms with Crippen LogP contribution in [0.25, 0.3) is 0 Å². The molecule has 0 aromatic carbocycles. The van der Waals surface area contributed by atoms with Crippen LogP contribution >= 0.6 is 0 Å². The molecule has 4 nitrogen and oxygen atoms in total. The molecule has 2 unspecified atom stereocenters. The van der Waals surface area contributed by atoms with E-state index >= 15 is 0 Å². The van der Waals surface area contributed by atoms with Gasteiger partial charge in [0.1, 0.15) is 0 Å². The molecule has 2 atom stereocenters. The van der Waals surface area contributed by atoms with E-state index < -0.39 is 9.84 Å². The summed E-state index contributed by atoms with van der Waals surface area (Å²) < 4.78 is 29.1.